The maximum Gasteiger partial charge on any atom is 0.159 e. The van der Waals surface area contributed by atoms with Gasteiger partial charge in [-0.2, -0.15) is 0 Å². The average molecular weight is 313 g/mol. The number of allylic oxidation sites excluding steroid dienone is 4. The maximum absolute atomic E-state index is 4.71. The van der Waals surface area contributed by atoms with Crippen LogP contribution in [0, 0.1) is 0 Å². The Kier molecular flexibility index (Phi) is 3.56. The van der Waals surface area contributed by atoms with Gasteiger partial charge in [-0.25, -0.2) is 9.97 Å². The Hall–Kier alpha value is -1.74. The Morgan fingerprint density at radius 2 is 1.95 bits per heavy atom. The predicted molar refractivity (Wildman–Crippen MR) is 81.5 cm³/mol. The molecular weight excluding hydrogens is 300 g/mol. The van der Waals surface area contributed by atoms with E-state index in [2.05, 4.69) is 39.1 Å². The van der Waals surface area contributed by atoms with Gasteiger partial charge < -0.3 is 0 Å². The standard InChI is InChI=1S/C16H13BrN2/c17-14-11-18-16(13-9-5-2-6-10-13)19-15(14)12-7-3-1-4-8-12/h1-3,5-7,9-11H,4,8H2. The van der Waals surface area contributed by atoms with Crippen molar-refractivity contribution >= 4 is 21.5 Å². The molecule has 0 spiro atoms. The Labute approximate surface area is 121 Å². The Balaban J connectivity index is 2.06. The smallest absolute Gasteiger partial charge is 0.159 e. The molecule has 0 saturated carbocycles. The normalized spacial score (nSPS) is 14.3. The molecule has 1 heterocycles. The first-order valence-electron chi connectivity index (χ1n) is 6.28. The maximum atomic E-state index is 4.71. The zero-order valence-corrected chi connectivity index (χ0v) is 12.0. The minimum atomic E-state index is 0.772. The molecule has 2 nitrogen and oxygen atoms in total. The predicted octanol–water partition coefficient (Wildman–Crippen LogP) is 4.64. The lowest BCUT2D eigenvalue weighted by atomic mass is 10.0. The zero-order chi connectivity index (χ0) is 13.1. The Bertz CT molecular complexity index is 645. The van der Waals surface area contributed by atoms with Gasteiger partial charge >= 0.3 is 0 Å². The van der Waals surface area contributed by atoms with Crippen LogP contribution in [0.5, 0.6) is 0 Å². The van der Waals surface area contributed by atoms with Crippen molar-refractivity contribution in [2.45, 2.75) is 12.8 Å². The molecule has 1 aromatic heterocycles. The molecule has 0 bridgehead atoms. The van der Waals surface area contributed by atoms with Crippen molar-refractivity contribution in [1.82, 2.24) is 9.97 Å². The van der Waals surface area contributed by atoms with Gasteiger partial charge in [0.05, 0.1) is 10.2 Å². The molecule has 3 heteroatoms. The molecule has 0 aliphatic heterocycles. The summed E-state index contributed by atoms with van der Waals surface area (Å²) < 4.78 is 0.953. The summed E-state index contributed by atoms with van der Waals surface area (Å²) in [6.07, 6.45) is 10.3. The van der Waals surface area contributed by atoms with Crippen LogP contribution in [0.1, 0.15) is 18.5 Å². The molecule has 3 rings (SSSR count). The fraction of sp³-hybridized carbons (Fsp3) is 0.125. The van der Waals surface area contributed by atoms with Crippen molar-refractivity contribution in [2.75, 3.05) is 0 Å². The second-order valence-electron chi connectivity index (χ2n) is 4.41. The first-order chi connectivity index (χ1) is 9.34. The van der Waals surface area contributed by atoms with Gasteiger partial charge in [0.25, 0.3) is 0 Å². The summed E-state index contributed by atoms with van der Waals surface area (Å²) in [4.78, 5) is 9.11. The molecule has 1 aliphatic carbocycles. The molecular formula is C16H13BrN2. The third kappa shape index (κ3) is 2.66. The number of rotatable bonds is 2. The monoisotopic (exact) mass is 312 g/mol. The van der Waals surface area contributed by atoms with Crippen molar-refractivity contribution in [3.05, 3.63) is 64.9 Å². The van der Waals surface area contributed by atoms with E-state index >= 15 is 0 Å². The van der Waals surface area contributed by atoms with Crippen molar-refractivity contribution in [2.24, 2.45) is 0 Å². The van der Waals surface area contributed by atoms with Crippen LogP contribution in [-0.2, 0) is 0 Å². The lowest BCUT2D eigenvalue weighted by molar-refractivity contribution is 1.02. The van der Waals surface area contributed by atoms with E-state index in [0.29, 0.717) is 0 Å². The van der Waals surface area contributed by atoms with Crippen LogP contribution in [-0.4, -0.2) is 9.97 Å². The fourth-order valence-corrected chi connectivity index (χ4v) is 2.56. The first kappa shape index (κ1) is 12.3. The summed E-state index contributed by atoms with van der Waals surface area (Å²) >= 11 is 3.55. The molecule has 19 heavy (non-hydrogen) atoms. The molecule has 0 atom stereocenters. The van der Waals surface area contributed by atoms with E-state index < -0.39 is 0 Å². The molecule has 1 aliphatic rings. The minimum absolute atomic E-state index is 0.772. The molecule has 1 aromatic carbocycles. The molecule has 0 unspecified atom stereocenters. The second-order valence-corrected chi connectivity index (χ2v) is 5.27. The van der Waals surface area contributed by atoms with Gasteiger partial charge in [0.15, 0.2) is 5.82 Å². The molecule has 0 amide bonds. The molecule has 0 radical (unpaired) electrons. The first-order valence-corrected chi connectivity index (χ1v) is 7.08. The average Bonchev–Trinajstić information content (AvgIpc) is 2.49. The van der Waals surface area contributed by atoms with Crippen LogP contribution >= 0.6 is 15.9 Å². The van der Waals surface area contributed by atoms with Crippen LogP contribution in [0.25, 0.3) is 17.0 Å². The van der Waals surface area contributed by atoms with Gasteiger partial charge in [0.2, 0.25) is 0 Å². The highest BCUT2D eigenvalue weighted by Gasteiger charge is 2.11. The van der Waals surface area contributed by atoms with Crippen LogP contribution in [0.4, 0.5) is 0 Å². The molecule has 0 fully saturated rings. The van der Waals surface area contributed by atoms with Crippen LogP contribution in [0.2, 0.25) is 0 Å². The van der Waals surface area contributed by atoms with E-state index in [-0.39, 0.29) is 0 Å². The lowest BCUT2D eigenvalue weighted by Crippen LogP contribution is -1.98. The SMILES string of the molecule is Brc1cnc(-c2ccccc2)nc1C1=CC=CCC1. The zero-order valence-electron chi connectivity index (χ0n) is 10.4. The van der Waals surface area contributed by atoms with E-state index in [1.54, 1.807) is 0 Å². The highest BCUT2D eigenvalue weighted by Crippen LogP contribution is 2.29. The van der Waals surface area contributed by atoms with Crippen LogP contribution in [0.15, 0.2) is 59.2 Å². The summed E-state index contributed by atoms with van der Waals surface area (Å²) in [7, 11) is 0. The summed E-state index contributed by atoms with van der Waals surface area (Å²) in [5.41, 5.74) is 3.30. The fourth-order valence-electron chi connectivity index (χ4n) is 2.12. The summed E-state index contributed by atoms with van der Waals surface area (Å²) in [5.74, 6) is 0.772. The van der Waals surface area contributed by atoms with Crippen LogP contribution < -0.4 is 0 Å². The molecule has 0 N–H and O–H groups in total. The summed E-state index contributed by atoms with van der Waals surface area (Å²) in [6.45, 7) is 0. The number of aromatic nitrogens is 2. The third-order valence-electron chi connectivity index (χ3n) is 3.09. The topological polar surface area (TPSA) is 25.8 Å². The number of halogens is 1. The van der Waals surface area contributed by atoms with Crippen LogP contribution in [0.3, 0.4) is 0 Å². The van der Waals surface area contributed by atoms with E-state index in [4.69, 9.17) is 4.98 Å². The van der Waals surface area contributed by atoms with Gasteiger partial charge in [0, 0.05) is 11.8 Å². The van der Waals surface area contributed by atoms with Crippen molar-refractivity contribution < 1.29 is 0 Å². The summed E-state index contributed by atoms with van der Waals surface area (Å²) in [6, 6.07) is 10.1. The Morgan fingerprint density at radius 3 is 2.68 bits per heavy atom. The third-order valence-corrected chi connectivity index (χ3v) is 3.67. The summed E-state index contributed by atoms with van der Waals surface area (Å²) in [5, 5.41) is 0. The van der Waals surface area contributed by atoms with Gasteiger partial charge in [-0.15, -0.1) is 0 Å². The number of benzene rings is 1. The quantitative estimate of drug-likeness (QED) is 0.807. The van der Waals surface area contributed by atoms with Gasteiger partial charge in [-0.3, -0.25) is 0 Å². The highest BCUT2D eigenvalue weighted by molar-refractivity contribution is 9.10. The Morgan fingerprint density at radius 1 is 1.11 bits per heavy atom. The van der Waals surface area contributed by atoms with Gasteiger partial charge in [-0.05, 0) is 34.3 Å². The highest BCUT2D eigenvalue weighted by atomic mass is 79.9. The van der Waals surface area contributed by atoms with E-state index in [9.17, 15) is 0 Å². The van der Waals surface area contributed by atoms with E-state index in [1.807, 2.05) is 36.5 Å². The molecule has 2 aromatic rings. The van der Waals surface area contributed by atoms with E-state index in [1.165, 1.54) is 5.57 Å². The molecule has 0 saturated heterocycles. The van der Waals surface area contributed by atoms with Crippen molar-refractivity contribution in [3.63, 3.8) is 0 Å². The van der Waals surface area contributed by atoms with Crippen molar-refractivity contribution in [1.29, 1.82) is 0 Å². The largest absolute Gasteiger partial charge is 0.235 e. The minimum Gasteiger partial charge on any atom is -0.235 e. The van der Waals surface area contributed by atoms with Crippen molar-refractivity contribution in [3.8, 4) is 11.4 Å². The van der Waals surface area contributed by atoms with Gasteiger partial charge in [-0.1, -0.05) is 48.6 Å². The number of hydrogen-bond donors (Lipinski definition) is 0. The second kappa shape index (κ2) is 5.49. The number of hydrogen-bond acceptors (Lipinski definition) is 2. The number of nitrogens with zero attached hydrogens (tertiary/aromatic N) is 2. The molecule has 94 valence electrons. The van der Waals surface area contributed by atoms with Gasteiger partial charge in [0.1, 0.15) is 0 Å². The van der Waals surface area contributed by atoms with E-state index in [0.717, 1.165) is 34.4 Å². The lowest BCUT2D eigenvalue weighted by Gasteiger charge is -2.11.